The molecule has 2 unspecified atom stereocenters. The van der Waals surface area contributed by atoms with Gasteiger partial charge in [0, 0.05) is 12.1 Å². The lowest BCUT2D eigenvalue weighted by molar-refractivity contribution is 0.0724. The quantitative estimate of drug-likeness (QED) is 0.784. The third-order valence-corrected chi connectivity index (χ3v) is 6.66. The van der Waals surface area contributed by atoms with Crippen molar-refractivity contribution in [2.75, 3.05) is 10.8 Å². The number of para-hydroxylation sites is 1. The summed E-state index contributed by atoms with van der Waals surface area (Å²) in [5.41, 5.74) is 1.08. The second kappa shape index (κ2) is 5.47. The third-order valence-electron chi connectivity index (χ3n) is 4.76. The predicted molar refractivity (Wildman–Crippen MR) is 95.4 cm³/mol. The number of rotatable bonds is 4. The molecule has 0 bridgehead atoms. The summed E-state index contributed by atoms with van der Waals surface area (Å²) in [6, 6.07) is 14.2. The molecular weight excluding hydrogens is 338 g/mol. The molecule has 2 aromatic carbocycles. The van der Waals surface area contributed by atoms with Gasteiger partial charge < -0.3 is 9.47 Å². The van der Waals surface area contributed by atoms with Gasteiger partial charge in [0.25, 0.3) is 10.0 Å². The molecular formula is C19H21NO4S. The molecule has 0 aliphatic carbocycles. The van der Waals surface area contributed by atoms with Gasteiger partial charge >= 0.3 is 0 Å². The topological polar surface area (TPSA) is 59.1 Å². The van der Waals surface area contributed by atoms with E-state index in [4.69, 9.17) is 9.47 Å². The largest absolute Gasteiger partial charge is 0.485 e. The first-order valence-electron chi connectivity index (χ1n) is 8.41. The highest BCUT2D eigenvalue weighted by Crippen LogP contribution is 2.54. The number of hydrogen-bond donors (Lipinski definition) is 0. The van der Waals surface area contributed by atoms with E-state index in [1.807, 2.05) is 39.0 Å². The van der Waals surface area contributed by atoms with E-state index in [1.54, 1.807) is 30.3 Å². The molecule has 1 fully saturated rings. The minimum atomic E-state index is -3.65. The molecule has 2 atom stereocenters. The first-order valence-corrected chi connectivity index (χ1v) is 9.85. The highest BCUT2D eigenvalue weighted by atomic mass is 32.2. The van der Waals surface area contributed by atoms with E-state index in [0.29, 0.717) is 18.0 Å². The van der Waals surface area contributed by atoms with Gasteiger partial charge in [0.15, 0.2) is 0 Å². The Morgan fingerprint density at radius 3 is 2.52 bits per heavy atom. The van der Waals surface area contributed by atoms with Crippen LogP contribution in [0.2, 0.25) is 0 Å². The smallest absolute Gasteiger partial charge is 0.264 e. The van der Waals surface area contributed by atoms with Gasteiger partial charge in [-0.25, -0.2) is 8.42 Å². The predicted octanol–water partition coefficient (Wildman–Crippen LogP) is 3.51. The van der Waals surface area contributed by atoms with Gasteiger partial charge in [-0.15, -0.1) is 0 Å². The number of epoxide rings is 1. The highest BCUT2D eigenvalue weighted by Gasteiger charge is 2.56. The lowest BCUT2D eigenvalue weighted by atomic mass is 9.94. The van der Waals surface area contributed by atoms with Crippen molar-refractivity contribution in [2.45, 2.75) is 43.5 Å². The number of benzene rings is 2. The molecule has 2 aromatic rings. The summed E-state index contributed by atoms with van der Waals surface area (Å²) in [7, 11) is -3.65. The normalized spacial score (nSPS) is 23.2. The van der Waals surface area contributed by atoms with Gasteiger partial charge in [0.05, 0.1) is 10.6 Å². The van der Waals surface area contributed by atoms with Crippen LogP contribution in [0.5, 0.6) is 5.75 Å². The summed E-state index contributed by atoms with van der Waals surface area (Å²) >= 11 is 0. The summed E-state index contributed by atoms with van der Waals surface area (Å²) < 4.78 is 39.4. The molecule has 6 heteroatoms. The Kier molecular flexibility index (Phi) is 3.60. The zero-order valence-electron chi connectivity index (χ0n) is 14.5. The number of ether oxygens (including phenoxy) is 2. The van der Waals surface area contributed by atoms with Gasteiger partial charge in [-0.3, -0.25) is 4.31 Å². The van der Waals surface area contributed by atoms with Crippen molar-refractivity contribution < 1.29 is 17.9 Å². The molecule has 132 valence electrons. The number of anilines is 1. The zero-order valence-corrected chi connectivity index (χ0v) is 15.3. The molecule has 0 saturated carbocycles. The molecule has 4 rings (SSSR count). The Bertz CT molecular complexity index is 908. The monoisotopic (exact) mass is 359 g/mol. The maximum absolute atomic E-state index is 13.1. The first-order chi connectivity index (χ1) is 11.8. The minimum absolute atomic E-state index is 0.0191. The highest BCUT2D eigenvalue weighted by molar-refractivity contribution is 7.92. The van der Waals surface area contributed by atoms with Crippen molar-refractivity contribution in [1.29, 1.82) is 0 Å². The number of sulfonamides is 1. The second-order valence-corrected chi connectivity index (χ2v) is 8.75. The van der Waals surface area contributed by atoms with Crippen LogP contribution in [0, 0.1) is 0 Å². The van der Waals surface area contributed by atoms with E-state index in [1.165, 1.54) is 4.31 Å². The van der Waals surface area contributed by atoms with Crippen LogP contribution < -0.4 is 9.04 Å². The fourth-order valence-corrected chi connectivity index (χ4v) is 4.94. The van der Waals surface area contributed by atoms with Crippen molar-refractivity contribution in [3.63, 3.8) is 0 Å². The Morgan fingerprint density at radius 1 is 1.12 bits per heavy atom. The Morgan fingerprint density at radius 2 is 1.84 bits per heavy atom. The van der Waals surface area contributed by atoms with Crippen LogP contribution in [-0.4, -0.2) is 26.7 Å². The molecule has 25 heavy (non-hydrogen) atoms. The van der Waals surface area contributed by atoms with E-state index in [2.05, 4.69) is 0 Å². The summed E-state index contributed by atoms with van der Waals surface area (Å²) in [5, 5.41) is 0. The van der Waals surface area contributed by atoms with Crippen molar-refractivity contribution >= 4 is 15.7 Å². The van der Waals surface area contributed by atoms with Gasteiger partial charge in [-0.2, -0.15) is 0 Å². The van der Waals surface area contributed by atoms with E-state index in [0.717, 1.165) is 5.56 Å². The standard InChI is InChI=1S/C19H21NO4S/c1-4-20(13-8-6-5-7-9-13)25(21,22)14-10-11-16-15(12-14)17-18(23-17)19(2,3)24-16/h5-12,17-18H,4H2,1-3H3. The van der Waals surface area contributed by atoms with Crippen molar-refractivity contribution in [3.05, 3.63) is 54.1 Å². The molecule has 0 amide bonds. The Hall–Kier alpha value is -2.05. The fraction of sp³-hybridized carbons (Fsp3) is 0.368. The van der Waals surface area contributed by atoms with Crippen LogP contribution in [0.1, 0.15) is 32.4 Å². The molecule has 0 radical (unpaired) electrons. The first kappa shape index (κ1) is 16.4. The molecule has 0 spiro atoms. The zero-order chi connectivity index (χ0) is 17.8. The van der Waals surface area contributed by atoms with E-state index >= 15 is 0 Å². The van der Waals surface area contributed by atoms with E-state index in [-0.39, 0.29) is 17.1 Å². The van der Waals surface area contributed by atoms with Gasteiger partial charge in [-0.05, 0) is 51.1 Å². The summed E-state index contributed by atoms with van der Waals surface area (Å²) in [6.45, 7) is 6.16. The fourth-order valence-electron chi connectivity index (χ4n) is 3.43. The Labute approximate surface area is 148 Å². The van der Waals surface area contributed by atoms with E-state index in [9.17, 15) is 8.42 Å². The molecule has 0 N–H and O–H groups in total. The lowest BCUT2D eigenvalue weighted by Gasteiger charge is -2.30. The van der Waals surface area contributed by atoms with Crippen LogP contribution >= 0.6 is 0 Å². The van der Waals surface area contributed by atoms with Crippen LogP contribution in [0.3, 0.4) is 0 Å². The molecule has 2 heterocycles. The van der Waals surface area contributed by atoms with Gasteiger partial charge in [0.2, 0.25) is 0 Å². The average molecular weight is 359 g/mol. The maximum Gasteiger partial charge on any atom is 0.264 e. The molecule has 2 aliphatic rings. The second-order valence-electron chi connectivity index (χ2n) is 6.89. The third kappa shape index (κ3) is 2.60. The summed E-state index contributed by atoms with van der Waals surface area (Å²) in [4.78, 5) is 0.259. The molecule has 1 saturated heterocycles. The van der Waals surface area contributed by atoms with Crippen LogP contribution in [-0.2, 0) is 14.8 Å². The van der Waals surface area contributed by atoms with Gasteiger partial charge in [-0.1, -0.05) is 18.2 Å². The molecule has 5 nitrogen and oxygen atoms in total. The lowest BCUT2D eigenvalue weighted by Crippen LogP contribution is -2.38. The Balaban J connectivity index is 1.74. The number of fused-ring (bicyclic) bond motifs is 3. The summed E-state index contributed by atoms with van der Waals surface area (Å²) in [5.74, 6) is 0.699. The van der Waals surface area contributed by atoms with Crippen LogP contribution in [0.4, 0.5) is 5.69 Å². The van der Waals surface area contributed by atoms with Gasteiger partial charge in [0.1, 0.15) is 23.6 Å². The van der Waals surface area contributed by atoms with Crippen molar-refractivity contribution in [2.24, 2.45) is 0 Å². The number of hydrogen-bond acceptors (Lipinski definition) is 4. The number of nitrogens with zero attached hydrogens (tertiary/aromatic N) is 1. The van der Waals surface area contributed by atoms with E-state index < -0.39 is 15.6 Å². The van der Waals surface area contributed by atoms with Crippen LogP contribution in [0.25, 0.3) is 0 Å². The average Bonchev–Trinajstić information content (AvgIpc) is 3.38. The molecule has 2 aliphatic heterocycles. The SMILES string of the molecule is CCN(c1ccccc1)S(=O)(=O)c1ccc2c(c1)C1OC1C(C)(C)O2. The van der Waals surface area contributed by atoms with Crippen molar-refractivity contribution in [3.8, 4) is 5.75 Å². The summed E-state index contributed by atoms with van der Waals surface area (Å²) in [6.07, 6.45) is -0.102. The van der Waals surface area contributed by atoms with Crippen molar-refractivity contribution in [1.82, 2.24) is 0 Å². The molecule has 0 aromatic heterocycles. The van der Waals surface area contributed by atoms with Crippen LogP contribution in [0.15, 0.2) is 53.4 Å². The maximum atomic E-state index is 13.1. The minimum Gasteiger partial charge on any atom is -0.485 e.